The van der Waals surface area contributed by atoms with Gasteiger partial charge in [-0.25, -0.2) is 9.59 Å². The molecule has 2 N–H and O–H groups in total. The lowest BCUT2D eigenvalue weighted by Crippen LogP contribution is -2.50. The summed E-state index contributed by atoms with van der Waals surface area (Å²) in [6.45, 7) is 6.84. The third-order valence-corrected chi connectivity index (χ3v) is 5.54. The number of nitrogens with one attached hydrogen (secondary N) is 2. The molecule has 2 aliphatic heterocycles. The van der Waals surface area contributed by atoms with Crippen molar-refractivity contribution >= 4 is 35.6 Å². The molecule has 0 saturated carbocycles. The molecule has 4 amide bonds. The van der Waals surface area contributed by atoms with Crippen LogP contribution >= 0.6 is 11.8 Å². The number of thioether (sulfide) groups is 1. The van der Waals surface area contributed by atoms with Crippen LogP contribution in [0.1, 0.15) is 40.5 Å². The topological polar surface area (TPSA) is 105 Å². The highest BCUT2D eigenvalue weighted by atomic mass is 32.2. The summed E-state index contributed by atoms with van der Waals surface area (Å²) in [6.07, 6.45) is -0.00493. The van der Waals surface area contributed by atoms with Gasteiger partial charge in [-0.3, -0.25) is 14.9 Å². The second-order valence-corrected chi connectivity index (χ2v) is 7.96. The molecule has 0 spiro atoms. The highest BCUT2D eigenvalue weighted by Crippen LogP contribution is 2.47. The summed E-state index contributed by atoms with van der Waals surface area (Å²) in [5.41, 5.74) is 0. The van der Waals surface area contributed by atoms with E-state index in [-0.39, 0.29) is 16.8 Å². The van der Waals surface area contributed by atoms with Gasteiger partial charge in [0.25, 0.3) is 5.91 Å². The number of amides is 4. The quantitative estimate of drug-likeness (QED) is 0.714. The molecule has 3 atom stereocenters. The highest BCUT2D eigenvalue weighted by molar-refractivity contribution is 8.01. The standard InChI is InChI=1S/C15H23N3O5S/c1-8(2)16-14(22)17-12(20)9(3)23-13(21)10-7-24-15(4)6-5-11(19)18(10)15/h8-10H,5-7H2,1-4H3,(H2,16,17,20,22)/t9-,10+,15+/m1/s1. The number of fused-ring (bicyclic) bond motifs is 1. The lowest BCUT2D eigenvalue weighted by atomic mass is 10.2. The first-order chi connectivity index (χ1) is 11.1. The van der Waals surface area contributed by atoms with Crippen molar-refractivity contribution in [1.82, 2.24) is 15.5 Å². The van der Waals surface area contributed by atoms with E-state index in [1.165, 1.54) is 6.92 Å². The van der Waals surface area contributed by atoms with E-state index >= 15 is 0 Å². The minimum absolute atomic E-state index is 0.0714. The molecule has 24 heavy (non-hydrogen) atoms. The van der Waals surface area contributed by atoms with Crippen molar-refractivity contribution in [1.29, 1.82) is 0 Å². The summed E-state index contributed by atoms with van der Waals surface area (Å²) in [6, 6.07) is -1.45. The van der Waals surface area contributed by atoms with Crippen molar-refractivity contribution in [2.75, 3.05) is 5.75 Å². The summed E-state index contributed by atoms with van der Waals surface area (Å²) < 4.78 is 5.17. The predicted molar refractivity (Wildman–Crippen MR) is 88.1 cm³/mol. The molecule has 2 heterocycles. The van der Waals surface area contributed by atoms with E-state index in [4.69, 9.17) is 4.74 Å². The Morgan fingerprint density at radius 3 is 2.62 bits per heavy atom. The molecule has 2 fully saturated rings. The molecule has 2 saturated heterocycles. The molecule has 0 unspecified atom stereocenters. The van der Waals surface area contributed by atoms with Crippen molar-refractivity contribution in [2.45, 2.75) is 63.6 Å². The van der Waals surface area contributed by atoms with E-state index in [1.54, 1.807) is 30.5 Å². The Bertz CT molecular complexity index is 567. The van der Waals surface area contributed by atoms with Crippen LogP contribution in [-0.2, 0) is 19.1 Å². The van der Waals surface area contributed by atoms with Crippen LogP contribution in [-0.4, -0.2) is 57.5 Å². The SMILES string of the molecule is CC(C)NC(=O)NC(=O)[C@@H](C)OC(=O)[C@@H]1CS[C@@]2(C)CCC(=O)N12. The zero-order valence-corrected chi connectivity index (χ0v) is 15.1. The number of rotatable bonds is 4. The zero-order chi connectivity index (χ0) is 18.1. The first-order valence-electron chi connectivity index (χ1n) is 7.92. The third-order valence-electron chi connectivity index (χ3n) is 4.04. The largest absolute Gasteiger partial charge is 0.451 e. The van der Waals surface area contributed by atoms with Gasteiger partial charge in [0, 0.05) is 18.2 Å². The molecule has 8 nitrogen and oxygen atoms in total. The Labute approximate surface area is 145 Å². The number of hydrogen-bond donors (Lipinski definition) is 2. The number of carbonyl (C=O) groups excluding carboxylic acids is 4. The van der Waals surface area contributed by atoms with E-state index in [1.807, 2.05) is 6.92 Å². The van der Waals surface area contributed by atoms with Gasteiger partial charge in [0.2, 0.25) is 5.91 Å². The van der Waals surface area contributed by atoms with Gasteiger partial charge in [-0.1, -0.05) is 0 Å². The molecular weight excluding hydrogens is 334 g/mol. The van der Waals surface area contributed by atoms with Gasteiger partial charge in [0.15, 0.2) is 6.10 Å². The van der Waals surface area contributed by atoms with Gasteiger partial charge in [-0.2, -0.15) is 0 Å². The first kappa shape index (κ1) is 18.6. The van der Waals surface area contributed by atoms with Crippen molar-refractivity contribution in [3.05, 3.63) is 0 Å². The van der Waals surface area contributed by atoms with Crippen LogP contribution < -0.4 is 10.6 Å². The molecule has 2 rings (SSSR count). The smallest absolute Gasteiger partial charge is 0.330 e. The number of ether oxygens (including phenoxy) is 1. The number of imide groups is 1. The summed E-state index contributed by atoms with van der Waals surface area (Å²) in [4.78, 5) is 49.0. The van der Waals surface area contributed by atoms with Gasteiger partial charge < -0.3 is 15.0 Å². The molecule has 0 bridgehead atoms. The summed E-state index contributed by atoms with van der Waals surface area (Å²) >= 11 is 1.55. The number of carbonyl (C=O) groups is 4. The molecule has 2 aliphatic rings. The van der Waals surface area contributed by atoms with Crippen LogP contribution in [0.5, 0.6) is 0 Å². The van der Waals surface area contributed by atoms with Gasteiger partial charge in [-0.05, 0) is 34.1 Å². The molecule has 0 aliphatic carbocycles. The van der Waals surface area contributed by atoms with Gasteiger partial charge in [0.05, 0.1) is 4.87 Å². The average Bonchev–Trinajstić information content (AvgIpc) is 2.95. The van der Waals surface area contributed by atoms with Crippen LogP contribution in [0.15, 0.2) is 0 Å². The zero-order valence-electron chi connectivity index (χ0n) is 14.3. The van der Waals surface area contributed by atoms with E-state index in [0.717, 1.165) is 0 Å². The average molecular weight is 357 g/mol. The molecule has 0 aromatic rings. The molecule has 0 aromatic carbocycles. The van der Waals surface area contributed by atoms with Crippen LogP contribution in [0.25, 0.3) is 0 Å². The Kier molecular flexibility index (Phi) is 5.42. The van der Waals surface area contributed by atoms with Gasteiger partial charge in [0.1, 0.15) is 6.04 Å². The fraction of sp³-hybridized carbons (Fsp3) is 0.733. The van der Waals surface area contributed by atoms with Crippen molar-refractivity contribution < 1.29 is 23.9 Å². The monoisotopic (exact) mass is 357 g/mol. The van der Waals surface area contributed by atoms with Crippen LogP contribution in [0.2, 0.25) is 0 Å². The van der Waals surface area contributed by atoms with E-state index in [9.17, 15) is 19.2 Å². The lowest BCUT2D eigenvalue weighted by molar-refractivity contribution is -0.161. The Hall–Kier alpha value is -1.77. The fourth-order valence-electron chi connectivity index (χ4n) is 2.81. The fourth-order valence-corrected chi connectivity index (χ4v) is 4.23. The predicted octanol–water partition coefficient (Wildman–Crippen LogP) is 0.606. The molecule has 134 valence electrons. The van der Waals surface area contributed by atoms with Crippen LogP contribution in [0, 0.1) is 0 Å². The molecule has 0 aromatic heterocycles. The Morgan fingerprint density at radius 1 is 1.33 bits per heavy atom. The first-order valence-corrected chi connectivity index (χ1v) is 8.90. The van der Waals surface area contributed by atoms with Crippen LogP contribution in [0.4, 0.5) is 4.79 Å². The number of hydrogen-bond acceptors (Lipinski definition) is 6. The van der Waals surface area contributed by atoms with Crippen molar-refractivity contribution in [3.63, 3.8) is 0 Å². The van der Waals surface area contributed by atoms with Crippen molar-refractivity contribution in [2.24, 2.45) is 0 Å². The third kappa shape index (κ3) is 3.82. The minimum atomic E-state index is -1.12. The number of nitrogens with zero attached hydrogens (tertiary/aromatic N) is 1. The van der Waals surface area contributed by atoms with Crippen LogP contribution in [0.3, 0.4) is 0 Å². The normalized spacial score (nSPS) is 27.0. The highest BCUT2D eigenvalue weighted by Gasteiger charge is 2.53. The number of urea groups is 1. The second-order valence-electron chi connectivity index (χ2n) is 6.46. The van der Waals surface area contributed by atoms with E-state index < -0.39 is 30.1 Å². The Balaban J connectivity index is 1.91. The molecular formula is C15H23N3O5S. The summed E-state index contributed by atoms with van der Waals surface area (Å²) in [5.74, 6) is -0.947. The maximum Gasteiger partial charge on any atom is 0.330 e. The summed E-state index contributed by atoms with van der Waals surface area (Å²) in [7, 11) is 0. The maximum absolute atomic E-state index is 12.3. The summed E-state index contributed by atoms with van der Waals surface area (Å²) in [5, 5.41) is 4.63. The Morgan fingerprint density at radius 2 is 2.00 bits per heavy atom. The second kappa shape index (κ2) is 7.00. The molecule has 9 heteroatoms. The lowest BCUT2D eigenvalue weighted by Gasteiger charge is -2.29. The van der Waals surface area contributed by atoms with E-state index in [2.05, 4.69) is 10.6 Å². The number of esters is 1. The van der Waals surface area contributed by atoms with Gasteiger partial charge in [-0.15, -0.1) is 11.8 Å². The van der Waals surface area contributed by atoms with Gasteiger partial charge >= 0.3 is 12.0 Å². The maximum atomic E-state index is 12.3. The minimum Gasteiger partial charge on any atom is -0.451 e. The van der Waals surface area contributed by atoms with Crippen molar-refractivity contribution in [3.8, 4) is 0 Å². The molecule has 0 radical (unpaired) electrons. The van der Waals surface area contributed by atoms with E-state index in [0.29, 0.717) is 18.6 Å².